The lowest BCUT2D eigenvalue weighted by atomic mass is 10.1. The first-order chi connectivity index (χ1) is 15.5. The molecule has 0 aliphatic heterocycles. The van der Waals surface area contributed by atoms with Crippen molar-refractivity contribution in [2.24, 2.45) is 5.73 Å². The molecule has 7 heteroatoms. The van der Waals surface area contributed by atoms with E-state index >= 15 is 0 Å². The van der Waals surface area contributed by atoms with Crippen molar-refractivity contribution in [1.29, 1.82) is 0 Å². The molecule has 3 aromatic rings. The molecule has 3 rings (SSSR count). The highest BCUT2D eigenvalue weighted by atomic mass is 16.5. The summed E-state index contributed by atoms with van der Waals surface area (Å²) in [6.07, 6.45) is 0.244. The van der Waals surface area contributed by atoms with Crippen molar-refractivity contribution in [2.75, 3.05) is 31.0 Å². The van der Waals surface area contributed by atoms with Crippen LogP contribution >= 0.6 is 0 Å². The maximum Gasteiger partial charge on any atom is 0.255 e. The first-order valence-electron chi connectivity index (χ1n) is 10.2. The van der Waals surface area contributed by atoms with E-state index in [0.29, 0.717) is 24.3 Å². The van der Waals surface area contributed by atoms with E-state index in [2.05, 4.69) is 10.2 Å². The molecule has 0 heterocycles. The Morgan fingerprint density at radius 1 is 0.844 bits per heavy atom. The zero-order valence-electron chi connectivity index (χ0n) is 18.2. The first-order valence-corrected chi connectivity index (χ1v) is 10.2. The van der Waals surface area contributed by atoms with Gasteiger partial charge in [0.25, 0.3) is 5.91 Å². The van der Waals surface area contributed by atoms with Gasteiger partial charge in [-0.15, -0.1) is 0 Å². The highest BCUT2D eigenvalue weighted by Crippen LogP contribution is 2.22. The van der Waals surface area contributed by atoms with Gasteiger partial charge in [-0.05, 0) is 66.2 Å². The Kier molecular flexibility index (Phi) is 7.70. The Hall–Kier alpha value is -4.00. The molecule has 0 aromatic heterocycles. The minimum Gasteiger partial charge on any atom is -0.497 e. The fraction of sp³-hybridized carbons (Fsp3) is 0.200. The number of hydrogen-bond acceptors (Lipinski definition) is 5. The lowest BCUT2D eigenvalue weighted by Crippen LogP contribution is -2.27. The van der Waals surface area contributed by atoms with Gasteiger partial charge < -0.3 is 25.4 Å². The van der Waals surface area contributed by atoms with Gasteiger partial charge in [0.2, 0.25) is 5.91 Å². The van der Waals surface area contributed by atoms with Crippen molar-refractivity contribution in [3.8, 4) is 11.5 Å². The van der Waals surface area contributed by atoms with Gasteiger partial charge in [-0.2, -0.15) is 0 Å². The molecule has 0 aliphatic rings. The van der Waals surface area contributed by atoms with Crippen molar-refractivity contribution < 1.29 is 19.1 Å². The van der Waals surface area contributed by atoms with Gasteiger partial charge in [0.1, 0.15) is 11.5 Å². The van der Waals surface area contributed by atoms with Crippen LogP contribution in [0.2, 0.25) is 0 Å². The van der Waals surface area contributed by atoms with Crippen LogP contribution < -0.4 is 25.4 Å². The van der Waals surface area contributed by atoms with Gasteiger partial charge in [-0.1, -0.05) is 12.1 Å². The zero-order valence-corrected chi connectivity index (χ0v) is 18.2. The minimum absolute atomic E-state index is 0.192. The number of primary amides is 1. The van der Waals surface area contributed by atoms with Crippen LogP contribution in [0.4, 0.5) is 11.4 Å². The summed E-state index contributed by atoms with van der Waals surface area (Å²) in [5.74, 6) is 0.942. The molecule has 0 saturated heterocycles. The maximum absolute atomic E-state index is 12.5. The van der Waals surface area contributed by atoms with Gasteiger partial charge in [-0.3, -0.25) is 9.59 Å². The largest absolute Gasteiger partial charge is 0.497 e. The Balaban J connectivity index is 1.68. The van der Waals surface area contributed by atoms with Crippen molar-refractivity contribution >= 4 is 23.2 Å². The molecular formula is C25H27N3O4. The van der Waals surface area contributed by atoms with Crippen molar-refractivity contribution in [1.82, 2.24) is 0 Å². The summed E-state index contributed by atoms with van der Waals surface area (Å²) >= 11 is 0. The third-order valence-electron chi connectivity index (χ3n) is 5.00. The highest BCUT2D eigenvalue weighted by Gasteiger charge is 2.11. The Morgan fingerprint density at radius 3 is 1.94 bits per heavy atom. The average molecular weight is 434 g/mol. The number of benzene rings is 3. The molecule has 0 atom stereocenters. The van der Waals surface area contributed by atoms with Gasteiger partial charge in [0, 0.05) is 36.4 Å². The summed E-state index contributed by atoms with van der Waals surface area (Å²) in [5.41, 5.74) is 8.56. The van der Waals surface area contributed by atoms with Gasteiger partial charge >= 0.3 is 0 Å². The van der Waals surface area contributed by atoms with E-state index in [0.717, 1.165) is 22.7 Å². The first kappa shape index (κ1) is 22.7. The number of nitrogens with one attached hydrogen (secondary N) is 1. The molecule has 32 heavy (non-hydrogen) atoms. The fourth-order valence-electron chi connectivity index (χ4n) is 3.20. The Morgan fingerprint density at radius 2 is 1.41 bits per heavy atom. The van der Waals surface area contributed by atoms with Gasteiger partial charge in [-0.25, -0.2) is 0 Å². The molecule has 2 amide bonds. The second-order valence-corrected chi connectivity index (χ2v) is 7.22. The number of carbonyl (C=O) groups excluding carboxylic acids is 2. The standard InChI is InChI=1S/C25H27N3O4/c1-31-22-11-7-20(8-12-22)27-25(30)19-5-3-18(4-6-19)17-28(16-15-24(26)29)21-9-13-23(32-2)14-10-21/h3-14H,15-17H2,1-2H3,(H2,26,29)(H,27,30). The van der Waals surface area contributed by atoms with E-state index in [4.69, 9.17) is 15.2 Å². The number of anilines is 2. The summed E-state index contributed by atoms with van der Waals surface area (Å²) in [4.78, 5) is 25.9. The predicted octanol–water partition coefficient (Wildman–Crippen LogP) is 3.84. The van der Waals surface area contributed by atoms with E-state index in [1.54, 1.807) is 50.6 Å². The number of rotatable bonds is 10. The summed E-state index contributed by atoms with van der Waals surface area (Å²) in [6, 6.07) is 22.2. The second-order valence-electron chi connectivity index (χ2n) is 7.22. The Bertz CT molecular complexity index is 1030. The van der Waals surface area contributed by atoms with Crippen molar-refractivity contribution in [2.45, 2.75) is 13.0 Å². The minimum atomic E-state index is -0.353. The van der Waals surface area contributed by atoms with Crippen LogP contribution in [0.15, 0.2) is 72.8 Å². The number of ether oxygens (including phenoxy) is 2. The number of carbonyl (C=O) groups is 2. The van der Waals surface area contributed by atoms with Gasteiger partial charge in [0.15, 0.2) is 0 Å². The molecular weight excluding hydrogens is 406 g/mol. The lowest BCUT2D eigenvalue weighted by Gasteiger charge is -2.25. The average Bonchev–Trinajstić information content (AvgIpc) is 2.82. The normalized spacial score (nSPS) is 10.3. The zero-order chi connectivity index (χ0) is 22.9. The molecule has 0 radical (unpaired) electrons. The number of nitrogens with zero attached hydrogens (tertiary/aromatic N) is 1. The number of hydrogen-bond donors (Lipinski definition) is 2. The summed E-state index contributed by atoms with van der Waals surface area (Å²) in [6.45, 7) is 1.06. The van der Waals surface area contributed by atoms with Crippen LogP contribution in [0.5, 0.6) is 11.5 Å². The molecule has 0 fully saturated rings. The highest BCUT2D eigenvalue weighted by molar-refractivity contribution is 6.04. The number of nitrogens with two attached hydrogens (primary N) is 1. The van der Waals surface area contributed by atoms with E-state index in [-0.39, 0.29) is 18.2 Å². The van der Waals surface area contributed by atoms with Crippen molar-refractivity contribution in [3.63, 3.8) is 0 Å². The molecule has 7 nitrogen and oxygen atoms in total. The molecule has 0 spiro atoms. The maximum atomic E-state index is 12.5. The summed E-state index contributed by atoms with van der Waals surface area (Å²) in [5, 5.41) is 2.87. The van der Waals surface area contributed by atoms with Gasteiger partial charge in [0.05, 0.1) is 14.2 Å². The summed E-state index contributed by atoms with van der Waals surface area (Å²) in [7, 11) is 3.21. The third-order valence-corrected chi connectivity index (χ3v) is 5.00. The van der Waals surface area contributed by atoms with Crippen LogP contribution in [0.3, 0.4) is 0 Å². The fourth-order valence-corrected chi connectivity index (χ4v) is 3.20. The molecule has 3 N–H and O–H groups in total. The van der Waals surface area contributed by atoms with Crippen LogP contribution in [-0.4, -0.2) is 32.6 Å². The Labute approximate surface area is 187 Å². The van der Waals surface area contributed by atoms with Crippen molar-refractivity contribution in [3.05, 3.63) is 83.9 Å². The van der Waals surface area contributed by atoms with E-state index in [9.17, 15) is 9.59 Å². The topological polar surface area (TPSA) is 93.9 Å². The van der Waals surface area contributed by atoms with E-state index in [1.807, 2.05) is 36.4 Å². The second kappa shape index (κ2) is 10.9. The third kappa shape index (κ3) is 6.25. The molecule has 0 bridgehead atoms. The molecule has 0 saturated carbocycles. The van der Waals surface area contributed by atoms with Crippen LogP contribution in [0, 0.1) is 0 Å². The lowest BCUT2D eigenvalue weighted by molar-refractivity contribution is -0.117. The SMILES string of the molecule is COc1ccc(NC(=O)c2ccc(CN(CCC(N)=O)c3ccc(OC)cc3)cc2)cc1. The number of amides is 2. The molecule has 0 aliphatic carbocycles. The van der Waals surface area contributed by atoms with Crippen LogP contribution in [0.1, 0.15) is 22.3 Å². The predicted molar refractivity (Wildman–Crippen MR) is 125 cm³/mol. The smallest absolute Gasteiger partial charge is 0.255 e. The summed E-state index contributed by atoms with van der Waals surface area (Å²) < 4.78 is 10.3. The van der Waals surface area contributed by atoms with E-state index in [1.165, 1.54) is 0 Å². The molecule has 3 aromatic carbocycles. The quantitative estimate of drug-likeness (QED) is 0.507. The van der Waals surface area contributed by atoms with Crippen LogP contribution in [0.25, 0.3) is 0 Å². The number of methoxy groups -OCH3 is 2. The van der Waals surface area contributed by atoms with Crippen LogP contribution in [-0.2, 0) is 11.3 Å². The molecule has 166 valence electrons. The monoisotopic (exact) mass is 433 g/mol. The van der Waals surface area contributed by atoms with E-state index < -0.39 is 0 Å². The molecule has 0 unspecified atom stereocenters.